The van der Waals surface area contributed by atoms with Crippen molar-refractivity contribution in [2.45, 2.75) is 0 Å². The van der Waals surface area contributed by atoms with E-state index in [0.29, 0.717) is 0 Å². The molecule has 2 aromatic heterocycles. The number of fused-ring (bicyclic) bond motifs is 9. The van der Waals surface area contributed by atoms with E-state index >= 15 is 0 Å². The molecule has 2 heterocycles. The molecule has 0 aliphatic rings. The molecule has 0 fully saturated rings. The van der Waals surface area contributed by atoms with Gasteiger partial charge in [-0.05, 0) is 93.0 Å². The van der Waals surface area contributed by atoms with Crippen molar-refractivity contribution >= 4 is 82.4 Å². The molecule has 65 heavy (non-hydrogen) atoms. The zero-order chi connectivity index (χ0) is 42.8. The highest BCUT2D eigenvalue weighted by atomic mass is 16.3. The first-order valence-electron chi connectivity index (χ1n) is 22.3. The molecule has 0 atom stereocenters. The Morgan fingerprint density at radius 1 is 0.338 bits per heavy atom. The molecule has 0 aliphatic carbocycles. The normalized spacial score (nSPS) is 11.7. The molecule has 0 radical (unpaired) electrons. The molecule has 0 bridgehead atoms. The van der Waals surface area contributed by atoms with Gasteiger partial charge in [0.05, 0.1) is 27.8 Å². The number of para-hydroxylation sites is 4. The van der Waals surface area contributed by atoms with Gasteiger partial charge in [0.15, 0.2) is 0 Å². The number of furan rings is 1. The molecule has 0 N–H and O–H groups in total. The SMILES string of the molecule is c1ccc(-c2ccc(-c3ccc(N(c4ccc(-c5cccc6c7ccccc7n(-c7ccccc7)c56)cc4)c4cccc5c4ccc4ccccc45)c4c3oc3ccccc34)cc2)cc1. The molecule has 0 amide bonds. The van der Waals surface area contributed by atoms with Crippen LogP contribution in [0.15, 0.2) is 247 Å². The molecule has 0 spiro atoms. The number of aromatic nitrogens is 1. The molecular formula is C62H40N2O. The van der Waals surface area contributed by atoms with Crippen molar-refractivity contribution < 1.29 is 4.42 Å². The van der Waals surface area contributed by atoms with Gasteiger partial charge in [-0.25, -0.2) is 0 Å². The summed E-state index contributed by atoms with van der Waals surface area (Å²) in [5.41, 5.74) is 15.3. The highest BCUT2D eigenvalue weighted by Crippen LogP contribution is 2.49. The first-order valence-corrected chi connectivity index (χ1v) is 22.3. The van der Waals surface area contributed by atoms with Crippen LogP contribution < -0.4 is 4.90 Å². The van der Waals surface area contributed by atoms with E-state index in [-0.39, 0.29) is 0 Å². The van der Waals surface area contributed by atoms with Crippen molar-refractivity contribution in [3.8, 4) is 39.1 Å². The first-order chi connectivity index (χ1) is 32.3. The molecule has 0 saturated carbocycles. The van der Waals surface area contributed by atoms with Crippen molar-refractivity contribution in [2.75, 3.05) is 4.90 Å². The third-order valence-electron chi connectivity index (χ3n) is 13.2. The Balaban J connectivity index is 1.03. The molecule has 0 unspecified atom stereocenters. The van der Waals surface area contributed by atoms with Gasteiger partial charge in [-0.1, -0.05) is 188 Å². The number of nitrogens with zero attached hydrogens (tertiary/aromatic N) is 2. The minimum Gasteiger partial charge on any atom is -0.455 e. The fourth-order valence-electron chi connectivity index (χ4n) is 10.2. The second-order valence-corrected chi connectivity index (χ2v) is 16.8. The predicted molar refractivity (Wildman–Crippen MR) is 274 cm³/mol. The van der Waals surface area contributed by atoms with Crippen LogP contribution in [0.5, 0.6) is 0 Å². The smallest absolute Gasteiger partial charge is 0.145 e. The van der Waals surface area contributed by atoms with Gasteiger partial charge in [0.25, 0.3) is 0 Å². The van der Waals surface area contributed by atoms with Gasteiger partial charge in [0.2, 0.25) is 0 Å². The quantitative estimate of drug-likeness (QED) is 0.149. The third-order valence-corrected chi connectivity index (χ3v) is 13.2. The van der Waals surface area contributed by atoms with Crippen molar-refractivity contribution in [3.63, 3.8) is 0 Å². The molecule has 3 nitrogen and oxygen atoms in total. The topological polar surface area (TPSA) is 21.3 Å². The highest BCUT2D eigenvalue weighted by molar-refractivity contribution is 6.20. The zero-order valence-electron chi connectivity index (χ0n) is 35.4. The van der Waals surface area contributed by atoms with Crippen LogP contribution in [0.3, 0.4) is 0 Å². The maximum absolute atomic E-state index is 6.92. The summed E-state index contributed by atoms with van der Waals surface area (Å²) in [6.45, 7) is 0. The Hall–Kier alpha value is -8.66. The third kappa shape index (κ3) is 5.97. The molecule has 3 heteroatoms. The Morgan fingerprint density at radius 3 is 1.78 bits per heavy atom. The summed E-state index contributed by atoms with van der Waals surface area (Å²) in [7, 11) is 0. The lowest BCUT2D eigenvalue weighted by Crippen LogP contribution is -2.11. The monoisotopic (exact) mass is 828 g/mol. The summed E-state index contributed by atoms with van der Waals surface area (Å²) in [4.78, 5) is 2.44. The van der Waals surface area contributed by atoms with E-state index in [9.17, 15) is 0 Å². The molecule has 304 valence electrons. The first kappa shape index (κ1) is 36.9. The van der Waals surface area contributed by atoms with Gasteiger partial charge < -0.3 is 13.9 Å². The lowest BCUT2D eigenvalue weighted by atomic mass is 9.96. The van der Waals surface area contributed by atoms with Gasteiger partial charge >= 0.3 is 0 Å². The maximum atomic E-state index is 6.92. The number of benzene rings is 11. The highest BCUT2D eigenvalue weighted by Gasteiger charge is 2.24. The van der Waals surface area contributed by atoms with E-state index in [2.05, 4.69) is 252 Å². The van der Waals surface area contributed by atoms with E-state index in [1.165, 1.54) is 60.0 Å². The minimum absolute atomic E-state index is 0.859. The van der Waals surface area contributed by atoms with Crippen molar-refractivity contribution in [3.05, 3.63) is 243 Å². The molecular weight excluding hydrogens is 789 g/mol. The fourth-order valence-corrected chi connectivity index (χ4v) is 10.2. The van der Waals surface area contributed by atoms with Crippen LogP contribution in [0.2, 0.25) is 0 Å². The minimum atomic E-state index is 0.859. The van der Waals surface area contributed by atoms with Crippen LogP contribution in [0.1, 0.15) is 0 Å². The molecule has 0 saturated heterocycles. The van der Waals surface area contributed by atoms with Crippen molar-refractivity contribution in [1.29, 1.82) is 0 Å². The summed E-state index contributed by atoms with van der Waals surface area (Å²) >= 11 is 0. The second kappa shape index (κ2) is 15.0. The number of anilines is 3. The van der Waals surface area contributed by atoms with Gasteiger partial charge in [0, 0.05) is 44.0 Å². The number of hydrogen-bond donors (Lipinski definition) is 0. The van der Waals surface area contributed by atoms with Crippen LogP contribution in [0.4, 0.5) is 17.1 Å². The van der Waals surface area contributed by atoms with Crippen LogP contribution in [0, 0.1) is 0 Å². The fraction of sp³-hybridized carbons (Fsp3) is 0. The van der Waals surface area contributed by atoms with Crippen LogP contribution >= 0.6 is 0 Å². The van der Waals surface area contributed by atoms with Crippen LogP contribution in [-0.2, 0) is 0 Å². The lowest BCUT2D eigenvalue weighted by molar-refractivity contribution is 0.670. The summed E-state index contributed by atoms with van der Waals surface area (Å²) < 4.78 is 9.34. The Morgan fingerprint density at radius 2 is 0.954 bits per heavy atom. The average molecular weight is 829 g/mol. The summed E-state index contributed by atoms with van der Waals surface area (Å²) in [6.07, 6.45) is 0. The van der Waals surface area contributed by atoms with E-state index in [1.54, 1.807) is 0 Å². The number of rotatable bonds is 7. The maximum Gasteiger partial charge on any atom is 0.145 e. The predicted octanol–water partition coefficient (Wildman–Crippen LogP) is 17.5. The van der Waals surface area contributed by atoms with Gasteiger partial charge in [-0.2, -0.15) is 0 Å². The van der Waals surface area contributed by atoms with E-state index in [1.807, 2.05) is 0 Å². The van der Waals surface area contributed by atoms with Crippen LogP contribution in [0.25, 0.3) is 104 Å². The van der Waals surface area contributed by atoms with Crippen LogP contribution in [-0.4, -0.2) is 4.57 Å². The zero-order valence-corrected chi connectivity index (χ0v) is 35.4. The summed E-state index contributed by atoms with van der Waals surface area (Å²) in [5, 5.41) is 9.47. The molecule has 0 aliphatic heterocycles. The van der Waals surface area contributed by atoms with E-state index in [0.717, 1.165) is 61.4 Å². The largest absolute Gasteiger partial charge is 0.455 e. The molecule has 11 aromatic carbocycles. The summed E-state index contributed by atoms with van der Waals surface area (Å²) in [5.74, 6) is 0. The van der Waals surface area contributed by atoms with E-state index in [4.69, 9.17) is 4.42 Å². The molecule has 13 rings (SSSR count). The Kier molecular flexibility index (Phi) is 8.53. The Bertz CT molecular complexity index is 3920. The van der Waals surface area contributed by atoms with Gasteiger partial charge in [-0.3, -0.25) is 0 Å². The molecule has 13 aromatic rings. The standard InChI is InChI=1S/C62H40N2O/c1-3-15-41(16-4-1)42-29-31-45(32-30-42)50-39-40-58(60-55-22-10-12-28-59(55)65-62(50)60)63(56-27-14-24-51-48-20-8-7-17-43(48)35-38-53(51)56)47-36-33-44(34-37-47)49-23-13-25-54-52-21-9-11-26-57(52)64(61(49)54)46-18-5-2-6-19-46/h1-40H. The number of hydrogen-bond acceptors (Lipinski definition) is 2. The van der Waals surface area contributed by atoms with Crippen molar-refractivity contribution in [2.24, 2.45) is 0 Å². The summed E-state index contributed by atoms with van der Waals surface area (Å²) in [6, 6.07) is 87.6. The average Bonchev–Trinajstić information content (AvgIpc) is 3.94. The van der Waals surface area contributed by atoms with Gasteiger partial charge in [-0.15, -0.1) is 0 Å². The van der Waals surface area contributed by atoms with E-state index < -0.39 is 0 Å². The lowest BCUT2D eigenvalue weighted by Gasteiger charge is -2.28. The second-order valence-electron chi connectivity index (χ2n) is 16.8. The Labute approximate surface area is 376 Å². The van der Waals surface area contributed by atoms with Gasteiger partial charge in [0.1, 0.15) is 11.2 Å². The van der Waals surface area contributed by atoms with Crippen molar-refractivity contribution in [1.82, 2.24) is 4.57 Å².